The van der Waals surface area contributed by atoms with Gasteiger partial charge >= 0.3 is 0 Å². The smallest absolute Gasteiger partial charge is 0.145 e. The summed E-state index contributed by atoms with van der Waals surface area (Å²) in [5.41, 5.74) is 1.67. The Morgan fingerprint density at radius 2 is 2.00 bits per heavy atom. The summed E-state index contributed by atoms with van der Waals surface area (Å²) in [6.45, 7) is 1.88. The maximum atomic E-state index is 14.2. The van der Waals surface area contributed by atoms with Crippen LogP contribution in [0.3, 0.4) is 0 Å². The Hall–Kier alpha value is -1.33. The van der Waals surface area contributed by atoms with E-state index in [4.69, 9.17) is 0 Å². The molecular formula is C14H13BrF2N2. The number of hydrogen-bond donors (Lipinski definition) is 1. The van der Waals surface area contributed by atoms with Gasteiger partial charge in [-0.05, 0) is 59.2 Å². The van der Waals surface area contributed by atoms with Gasteiger partial charge in [0.1, 0.15) is 11.6 Å². The third-order valence-corrected chi connectivity index (χ3v) is 3.66. The first-order chi connectivity index (χ1) is 9.06. The van der Waals surface area contributed by atoms with Gasteiger partial charge in [0.15, 0.2) is 0 Å². The molecule has 1 aromatic heterocycles. The highest BCUT2D eigenvalue weighted by Gasteiger charge is 2.23. The van der Waals surface area contributed by atoms with E-state index in [1.807, 2.05) is 13.0 Å². The minimum atomic E-state index is -0.595. The Kier molecular flexibility index (Phi) is 4.27. The van der Waals surface area contributed by atoms with Gasteiger partial charge in [0, 0.05) is 18.0 Å². The largest absolute Gasteiger partial charge is 0.309 e. The minimum Gasteiger partial charge on any atom is -0.309 e. The van der Waals surface area contributed by atoms with Gasteiger partial charge in [-0.25, -0.2) is 8.78 Å². The Morgan fingerprint density at radius 1 is 1.26 bits per heavy atom. The second-order valence-corrected chi connectivity index (χ2v) is 5.07. The highest BCUT2D eigenvalue weighted by Crippen LogP contribution is 2.31. The molecule has 0 radical (unpaired) electrons. The highest BCUT2D eigenvalue weighted by molar-refractivity contribution is 9.10. The number of nitrogens with one attached hydrogen (secondary N) is 1. The SMILES string of the molecule is CNC(c1cnccc1C)c1c(F)ccc(Br)c1F. The van der Waals surface area contributed by atoms with Gasteiger partial charge in [-0.1, -0.05) is 0 Å². The lowest BCUT2D eigenvalue weighted by atomic mass is 9.96. The van der Waals surface area contributed by atoms with Crippen molar-refractivity contribution in [2.45, 2.75) is 13.0 Å². The molecule has 0 amide bonds. The zero-order valence-electron chi connectivity index (χ0n) is 10.5. The van der Waals surface area contributed by atoms with E-state index in [0.717, 1.165) is 11.1 Å². The van der Waals surface area contributed by atoms with E-state index in [1.165, 1.54) is 12.1 Å². The summed E-state index contributed by atoms with van der Waals surface area (Å²) in [6.07, 6.45) is 3.27. The fourth-order valence-corrected chi connectivity index (χ4v) is 2.39. The van der Waals surface area contributed by atoms with Crippen molar-refractivity contribution in [3.63, 3.8) is 0 Å². The highest BCUT2D eigenvalue weighted by atomic mass is 79.9. The molecule has 0 aliphatic carbocycles. The number of halogens is 3. The van der Waals surface area contributed by atoms with Crippen LogP contribution in [0.2, 0.25) is 0 Å². The number of pyridine rings is 1. The van der Waals surface area contributed by atoms with E-state index in [2.05, 4.69) is 26.2 Å². The molecule has 0 bridgehead atoms. The van der Waals surface area contributed by atoms with E-state index in [9.17, 15) is 8.78 Å². The molecule has 2 aromatic rings. The van der Waals surface area contributed by atoms with Crippen molar-refractivity contribution in [2.75, 3.05) is 7.05 Å². The van der Waals surface area contributed by atoms with Crippen LogP contribution in [0.1, 0.15) is 22.7 Å². The van der Waals surface area contributed by atoms with Crippen LogP contribution in [0, 0.1) is 18.6 Å². The van der Waals surface area contributed by atoms with Crippen molar-refractivity contribution in [2.24, 2.45) is 0 Å². The summed E-state index contributed by atoms with van der Waals surface area (Å²) >= 11 is 3.08. The average Bonchev–Trinajstić information content (AvgIpc) is 2.40. The molecule has 100 valence electrons. The molecule has 1 atom stereocenters. The fraction of sp³-hybridized carbons (Fsp3) is 0.214. The fourth-order valence-electron chi connectivity index (χ4n) is 2.04. The van der Waals surface area contributed by atoms with E-state index in [1.54, 1.807) is 19.4 Å². The molecule has 19 heavy (non-hydrogen) atoms. The Labute approximate surface area is 119 Å². The third kappa shape index (κ3) is 2.67. The lowest BCUT2D eigenvalue weighted by Gasteiger charge is -2.20. The van der Waals surface area contributed by atoms with Gasteiger partial charge in [0.05, 0.1) is 10.5 Å². The molecule has 2 rings (SSSR count). The van der Waals surface area contributed by atoms with Crippen molar-refractivity contribution in [1.82, 2.24) is 10.3 Å². The Morgan fingerprint density at radius 3 is 2.63 bits per heavy atom. The summed E-state index contributed by atoms with van der Waals surface area (Å²) < 4.78 is 28.4. The third-order valence-electron chi connectivity index (χ3n) is 3.05. The number of rotatable bonds is 3. The molecule has 0 aliphatic heterocycles. The maximum Gasteiger partial charge on any atom is 0.145 e. The first kappa shape index (κ1) is 14.1. The zero-order chi connectivity index (χ0) is 14.0. The lowest BCUT2D eigenvalue weighted by Crippen LogP contribution is -2.21. The van der Waals surface area contributed by atoms with Crippen LogP contribution in [0.15, 0.2) is 35.1 Å². The molecule has 2 nitrogen and oxygen atoms in total. The molecular weight excluding hydrogens is 314 g/mol. The minimum absolute atomic E-state index is 0.00650. The normalized spacial score (nSPS) is 12.5. The number of benzene rings is 1. The first-order valence-corrected chi connectivity index (χ1v) is 6.56. The van der Waals surface area contributed by atoms with Crippen LogP contribution in [0.25, 0.3) is 0 Å². The molecule has 1 heterocycles. The summed E-state index contributed by atoms with van der Waals surface area (Å²) in [5.74, 6) is -1.18. The summed E-state index contributed by atoms with van der Waals surface area (Å²) in [6, 6.07) is 3.84. The van der Waals surface area contributed by atoms with Crippen LogP contribution in [0.5, 0.6) is 0 Å². The molecule has 1 N–H and O–H groups in total. The van der Waals surface area contributed by atoms with Gasteiger partial charge in [-0.2, -0.15) is 0 Å². The van der Waals surface area contributed by atoms with Crippen molar-refractivity contribution >= 4 is 15.9 Å². The van der Waals surface area contributed by atoms with Crippen molar-refractivity contribution in [3.8, 4) is 0 Å². The molecule has 1 unspecified atom stereocenters. The molecule has 0 saturated heterocycles. The maximum absolute atomic E-state index is 14.2. The van der Waals surface area contributed by atoms with Crippen LogP contribution in [-0.2, 0) is 0 Å². The molecule has 0 fully saturated rings. The van der Waals surface area contributed by atoms with Crippen LogP contribution in [0.4, 0.5) is 8.78 Å². The molecule has 1 aromatic carbocycles. The summed E-state index contributed by atoms with van der Waals surface area (Å²) in [5, 5.41) is 2.94. The number of aromatic nitrogens is 1. The van der Waals surface area contributed by atoms with Gasteiger partial charge in [0.2, 0.25) is 0 Å². The van der Waals surface area contributed by atoms with Crippen molar-refractivity contribution in [1.29, 1.82) is 0 Å². The van der Waals surface area contributed by atoms with Gasteiger partial charge in [-0.3, -0.25) is 4.98 Å². The van der Waals surface area contributed by atoms with Crippen LogP contribution in [-0.4, -0.2) is 12.0 Å². The Bertz CT molecular complexity index is 602. The van der Waals surface area contributed by atoms with Crippen molar-refractivity contribution in [3.05, 3.63) is 63.4 Å². The monoisotopic (exact) mass is 326 g/mol. The number of hydrogen-bond acceptors (Lipinski definition) is 2. The number of nitrogens with zero attached hydrogens (tertiary/aromatic N) is 1. The molecule has 5 heteroatoms. The summed E-state index contributed by atoms with van der Waals surface area (Å²) in [7, 11) is 1.66. The number of aryl methyl sites for hydroxylation is 1. The zero-order valence-corrected chi connectivity index (χ0v) is 12.1. The lowest BCUT2D eigenvalue weighted by molar-refractivity contribution is 0.517. The van der Waals surface area contributed by atoms with Gasteiger partial charge in [-0.15, -0.1) is 0 Å². The predicted molar refractivity (Wildman–Crippen MR) is 73.9 cm³/mol. The second kappa shape index (κ2) is 5.75. The second-order valence-electron chi connectivity index (χ2n) is 4.21. The molecule has 0 spiro atoms. The van der Waals surface area contributed by atoms with E-state index in [0.29, 0.717) is 0 Å². The molecule has 0 aliphatic rings. The standard InChI is InChI=1S/C14H13BrF2N2/c1-8-5-6-19-7-9(8)14(18-2)12-11(16)4-3-10(15)13(12)17/h3-7,14,18H,1-2H3. The van der Waals surface area contributed by atoms with E-state index in [-0.39, 0.29) is 10.0 Å². The summed E-state index contributed by atoms with van der Waals surface area (Å²) in [4.78, 5) is 4.03. The topological polar surface area (TPSA) is 24.9 Å². The first-order valence-electron chi connectivity index (χ1n) is 5.77. The predicted octanol–water partition coefficient (Wildman–Crippen LogP) is 3.74. The average molecular weight is 327 g/mol. The van der Waals surface area contributed by atoms with Crippen LogP contribution >= 0.6 is 15.9 Å². The van der Waals surface area contributed by atoms with E-state index < -0.39 is 17.7 Å². The van der Waals surface area contributed by atoms with Gasteiger partial charge < -0.3 is 5.32 Å². The Balaban J connectivity index is 2.61. The quantitative estimate of drug-likeness (QED) is 0.869. The van der Waals surface area contributed by atoms with Gasteiger partial charge in [0.25, 0.3) is 0 Å². The van der Waals surface area contributed by atoms with Crippen molar-refractivity contribution < 1.29 is 8.78 Å². The van der Waals surface area contributed by atoms with Crippen LogP contribution < -0.4 is 5.32 Å². The van der Waals surface area contributed by atoms with E-state index >= 15 is 0 Å². The molecule has 0 saturated carbocycles.